The van der Waals surface area contributed by atoms with E-state index in [0.29, 0.717) is 0 Å². The molecule has 0 bridgehead atoms. The van der Waals surface area contributed by atoms with Gasteiger partial charge in [0.2, 0.25) is 0 Å². The number of ether oxygens (including phenoxy) is 1. The maximum Gasteiger partial charge on any atom is 0.0607 e. The zero-order valence-electron chi connectivity index (χ0n) is 7.14. The average Bonchev–Trinajstić information content (AvgIpc) is 1.88. The first kappa shape index (κ1) is 11.5. The molecule has 0 aliphatic carbocycles. The van der Waals surface area contributed by atoms with E-state index in [2.05, 4.69) is 12.1 Å². The minimum Gasteiger partial charge on any atom is -0.554 e. The largest absolute Gasteiger partial charge is 0.554 e. The van der Waals surface area contributed by atoms with E-state index in [1.807, 2.05) is 19.9 Å². The Morgan fingerprint density at radius 1 is 1.36 bits per heavy atom. The van der Waals surface area contributed by atoms with Gasteiger partial charge in [-0.25, -0.2) is 0 Å². The summed E-state index contributed by atoms with van der Waals surface area (Å²) in [5.74, 6) is 0.908. The Morgan fingerprint density at radius 3 is 2.45 bits per heavy atom. The van der Waals surface area contributed by atoms with E-state index in [9.17, 15) is 0 Å². The summed E-state index contributed by atoms with van der Waals surface area (Å²) >= 11 is 0. The quantitative estimate of drug-likeness (QED) is 0.696. The zero-order chi connectivity index (χ0) is 7.56. The van der Waals surface area contributed by atoms with Crippen LogP contribution in [0.3, 0.4) is 0 Å². The summed E-state index contributed by atoms with van der Waals surface area (Å²) in [5, 5.41) is 0. The Bertz CT molecular complexity index is 233. The molecule has 0 aliphatic heterocycles. The fourth-order valence-corrected chi connectivity index (χ4v) is 0.951. The predicted molar refractivity (Wildman–Crippen MR) is 41.3 cm³/mol. The molecule has 0 fully saturated rings. The van der Waals surface area contributed by atoms with Gasteiger partial charge in [-0.1, -0.05) is 13.8 Å². The van der Waals surface area contributed by atoms with Gasteiger partial charge in [0.1, 0.15) is 0 Å². The van der Waals surface area contributed by atoms with Gasteiger partial charge in [0.05, 0.1) is 7.11 Å². The Morgan fingerprint density at radius 2 is 2.00 bits per heavy atom. The van der Waals surface area contributed by atoms with Gasteiger partial charge in [0.15, 0.2) is 0 Å². The van der Waals surface area contributed by atoms with Crippen LogP contribution in [0.15, 0.2) is 12.1 Å². The third-order valence-corrected chi connectivity index (χ3v) is 1.47. The van der Waals surface area contributed by atoms with Crippen LogP contribution < -0.4 is 4.74 Å². The van der Waals surface area contributed by atoms with Gasteiger partial charge in [-0.2, -0.15) is 17.7 Å². The number of rotatable bonds is 1. The topological polar surface area (TPSA) is 9.23 Å². The Balaban J connectivity index is 0.000001000. The van der Waals surface area contributed by atoms with Crippen molar-refractivity contribution < 1.29 is 48.8 Å². The monoisotopic (exact) mass is 362 g/mol. The van der Waals surface area contributed by atoms with Gasteiger partial charge >= 0.3 is 0 Å². The standard InChI is InChI=1S/C9H11O.Ac/c1-7-4-5-9(10-3)8(2)6-7;/h5-6H,1-3H3;/q-1;. The van der Waals surface area contributed by atoms with Crippen LogP contribution in [0.2, 0.25) is 0 Å². The normalized spacial score (nSPS) is 8.64. The summed E-state index contributed by atoms with van der Waals surface area (Å²) in [6, 6.07) is 6.99. The molecule has 0 heterocycles. The molecule has 0 aromatic heterocycles. The molecule has 2 heteroatoms. The first-order chi connectivity index (χ1) is 4.74. The molecular formula is C9H11AcO-. The van der Waals surface area contributed by atoms with Crippen molar-refractivity contribution in [3.8, 4) is 5.75 Å². The van der Waals surface area contributed by atoms with Crippen LogP contribution in [0.25, 0.3) is 0 Å². The van der Waals surface area contributed by atoms with Crippen molar-refractivity contribution in [3.63, 3.8) is 0 Å². The molecule has 1 aromatic carbocycles. The van der Waals surface area contributed by atoms with E-state index < -0.39 is 0 Å². The fraction of sp³-hybridized carbons (Fsp3) is 0.333. The summed E-state index contributed by atoms with van der Waals surface area (Å²) in [6.07, 6.45) is 0. The van der Waals surface area contributed by atoms with Gasteiger partial charge in [0.25, 0.3) is 0 Å². The summed E-state index contributed by atoms with van der Waals surface area (Å²) in [6.45, 7) is 4.05. The third kappa shape index (κ3) is 3.13. The van der Waals surface area contributed by atoms with Crippen molar-refractivity contribution in [3.05, 3.63) is 29.3 Å². The molecule has 11 heavy (non-hydrogen) atoms. The molecule has 0 saturated heterocycles. The smallest absolute Gasteiger partial charge is 0.0607 e. The Kier molecular flexibility index (Phi) is 5.38. The van der Waals surface area contributed by atoms with Crippen molar-refractivity contribution in [2.45, 2.75) is 13.8 Å². The van der Waals surface area contributed by atoms with Crippen LogP contribution in [0, 0.1) is 64.0 Å². The number of methoxy groups -OCH3 is 1. The summed E-state index contributed by atoms with van der Waals surface area (Å²) in [4.78, 5) is 0. The summed E-state index contributed by atoms with van der Waals surface area (Å²) in [5.41, 5.74) is 2.32. The molecule has 0 atom stereocenters. The van der Waals surface area contributed by atoms with Crippen LogP contribution in [0.4, 0.5) is 0 Å². The van der Waals surface area contributed by atoms with Crippen molar-refractivity contribution in [2.75, 3.05) is 7.11 Å². The third-order valence-electron chi connectivity index (χ3n) is 1.47. The van der Waals surface area contributed by atoms with E-state index in [1.54, 1.807) is 7.11 Å². The van der Waals surface area contributed by atoms with Gasteiger partial charge in [-0.15, -0.1) is 11.6 Å². The van der Waals surface area contributed by atoms with E-state index in [4.69, 9.17) is 4.74 Å². The maximum atomic E-state index is 5.07. The van der Waals surface area contributed by atoms with Crippen molar-refractivity contribution >= 4 is 0 Å². The second-order valence-corrected chi connectivity index (χ2v) is 2.37. The molecule has 1 rings (SSSR count). The molecule has 57 valence electrons. The van der Waals surface area contributed by atoms with Crippen LogP contribution in [-0.2, 0) is 0 Å². The second kappa shape index (κ2) is 5.17. The number of hydrogen-bond acceptors (Lipinski definition) is 1. The van der Waals surface area contributed by atoms with Crippen LogP contribution in [0.5, 0.6) is 5.75 Å². The molecule has 1 radical (unpaired) electrons. The van der Waals surface area contributed by atoms with Crippen molar-refractivity contribution in [2.24, 2.45) is 0 Å². The predicted octanol–water partition coefficient (Wildman–Crippen LogP) is 2.11. The van der Waals surface area contributed by atoms with Crippen molar-refractivity contribution in [1.82, 2.24) is 0 Å². The first-order valence-corrected chi connectivity index (χ1v) is 3.27. The molecule has 0 aliphatic rings. The van der Waals surface area contributed by atoms with E-state index in [-0.39, 0.29) is 44.1 Å². The maximum absolute atomic E-state index is 5.07. The zero-order valence-corrected chi connectivity index (χ0v) is 11.9. The molecule has 0 saturated carbocycles. The second-order valence-electron chi connectivity index (χ2n) is 2.37. The Labute approximate surface area is 104 Å². The number of benzene rings is 1. The van der Waals surface area contributed by atoms with E-state index >= 15 is 0 Å². The van der Waals surface area contributed by atoms with Gasteiger partial charge in [0, 0.05) is 49.8 Å². The minimum atomic E-state index is 0. The molecule has 0 unspecified atom stereocenters. The fourth-order valence-electron chi connectivity index (χ4n) is 0.951. The SMILES string of the molecule is COc1c[c-]c(C)cc1C.[Ac]. The van der Waals surface area contributed by atoms with Crippen LogP contribution in [-0.4, -0.2) is 7.11 Å². The summed E-state index contributed by atoms with van der Waals surface area (Å²) in [7, 11) is 1.67. The molecule has 0 spiro atoms. The molecule has 1 aromatic rings. The van der Waals surface area contributed by atoms with Crippen LogP contribution >= 0.6 is 0 Å². The molecule has 1 nitrogen and oxygen atoms in total. The average molecular weight is 362 g/mol. The molecular weight excluding hydrogens is 351 g/mol. The van der Waals surface area contributed by atoms with Crippen LogP contribution in [0.1, 0.15) is 11.1 Å². The van der Waals surface area contributed by atoms with E-state index in [0.717, 1.165) is 11.3 Å². The first-order valence-electron chi connectivity index (χ1n) is 3.27. The van der Waals surface area contributed by atoms with Gasteiger partial charge < -0.3 is 4.74 Å². The Hall–Kier alpha value is 0.462. The van der Waals surface area contributed by atoms with E-state index in [1.165, 1.54) is 5.56 Å². The van der Waals surface area contributed by atoms with Gasteiger partial charge in [-0.3, -0.25) is 0 Å². The molecule has 0 amide bonds. The molecule has 0 N–H and O–H groups in total. The minimum absolute atomic E-state index is 0. The van der Waals surface area contributed by atoms with Gasteiger partial charge in [-0.05, 0) is 0 Å². The number of hydrogen-bond donors (Lipinski definition) is 0. The van der Waals surface area contributed by atoms with Crippen molar-refractivity contribution in [1.29, 1.82) is 0 Å². The summed E-state index contributed by atoms with van der Waals surface area (Å²) < 4.78 is 5.07. The number of aryl methyl sites for hydroxylation is 2.